The van der Waals surface area contributed by atoms with Gasteiger partial charge in [-0.25, -0.2) is 15.0 Å². The van der Waals surface area contributed by atoms with Crippen molar-refractivity contribution in [2.75, 3.05) is 12.4 Å². The number of aromatic amines is 1. The molecule has 0 saturated heterocycles. The summed E-state index contributed by atoms with van der Waals surface area (Å²) in [6, 6.07) is 13.5. The predicted molar refractivity (Wildman–Crippen MR) is 131 cm³/mol. The van der Waals surface area contributed by atoms with E-state index in [2.05, 4.69) is 19.9 Å². The molecular weight excluding hydrogens is 454 g/mol. The molecule has 0 spiro atoms. The minimum atomic E-state index is -0.471. The molecular formula is C24H19N5O4S. The SMILES string of the molecule is O=C(/C=C/c1ccc(OCCSc2ncnc3nc[nH]c23)cc1)/C=C/c1cccc([N+](=O)[O-])c1. The molecule has 0 amide bonds. The largest absolute Gasteiger partial charge is 0.493 e. The van der Waals surface area contributed by atoms with Crippen LogP contribution >= 0.6 is 11.8 Å². The number of fused-ring (bicyclic) bond motifs is 1. The number of nitro benzene ring substituents is 1. The van der Waals surface area contributed by atoms with Gasteiger partial charge >= 0.3 is 0 Å². The first kappa shape index (κ1) is 22.9. The fourth-order valence-corrected chi connectivity index (χ4v) is 3.76. The summed E-state index contributed by atoms with van der Waals surface area (Å²) in [7, 11) is 0. The van der Waals surface area contributed by atoms with Gasteiger partial charge in [0.2, 0.25) is 0 Å². The van der Waals surface area contributed by atoms with Crippen LogP contribution in [-0.4, -0.2) is 43.0 Å². The van der Waals surface area contributed by atoms with E-state index in [4.69, 9.17) is 4.74 Å². The van der Waals surface area contributed by atoms with Crippen LogP contribution in [0.4, 0.5) is 5.69 Å². The average Bonchev–Trinajstić information content (AvgIpc) is 3.35. The second-order valence-corrected chi connectivity index (χ2v) is 8.05. The van der Waals surface area contributed by atoms with Gasteiger partial charge in [-0.05, 0) is 35.4 Å². The smallest absolute Gasteiger partial charge is 0.270 e. The van der Waals surface area contributed by atoms with E-state index >= 15 is 0 Å². The lowest BCUT2D eigenvalue weighted by molar-refractivity contribution is -0.384. The van der Waals surface area contributed by atoms with Gasteiger partial charge in [0, 0.05) is 17.9 Å². The van der Waals surface area contributed by atoms with Gasteiger partial charge in [-0.1, -0.05) is 36.4 Å². The molecule has 170 valence electrons. The summed E-state index contributed by atoms with van der Waals surface area (Å²) < 4.78 is 5.78. The number of imidazole rings is 1. The number of hydrogen-bond donors (Lipinski definition) is 1. The molecule has 0 aliphatic heterocycles. The van der Waals surface area contributed by atoms with Gasteiger partial charge in [-0.15, -0.1) is 11.8 Å². The third-order valence-electron chi connectivity index (χ3n) is 4.62. The number of nitro groups is 1. The Labute approximate surface area is 198 Å². The highest BCUT2D eigenvalue weighted by Crippen LogP contribution is 2.22. The van der Waals surface area contributed by atoms with Gasteiger partial charge in [-0.2, -0.15) is 0 Å². The van der Waals surface area contributed by atoms with Crippen LogP contribution in [0.25, 0.3) is 23.3 Å². The Morgan fingerprint density at radius 1 is 1.06 bits per heavy atom. The van der Waals surface area contributed by atoms with Gasteiger partial charge in [0.25, 0.3) is 5.69 Å². The lowest BCUT2D eigenvalue weighted by atomic mass is 10.1. The zero-order valence-corrected chi connectivity index (χ0v) is 18.6. The van der Waals surface area contributed by atoms with Crippen LogP contribution in [0.15, 0.2) is 78.4 Å². The molecule has 0 bridgehead atoms. The maximum absolute atomic E-state index is 12.1. The van der Waals surface area contributed by atoms with Crippen LogP contribution in [0.1, 0.15) is 11.1 Å². The van der Waals surface area contributed by atoms with E-state index in [1.807, 2.05) is 24.3 Å². The second-order valence-electron chi connectivity index (χ2n) is 6.97. The number of thioether (sulfide) groups is 1. The van der Waals surface area contributed by atoms with Crippen molar-refractivity contribution in [1.29, 1.82) is 0 Å². The summed E-state index contributed by atoms with van der Waals surface area (Å²) in [6.45, 7) is 0.500. The van der Waals surface area contributed by atoms with Crippen molar-refractivity contribution >= 4 is 46.5 Å². The lowest BCUT2D eigenvalue weighted by Gasteiger charge is -2.06. The number of allylic oxidation sites excluding steroid dienone is 2. The Hall–Kier alpha value is -4.31. The fraction of sp³-hybridized carbons (Fsp3) is 0.0833. The number of hydrogen-bond acceptors (Lipinski definition) is 8. The van der Waals surface area contributed by atoms with Crippen molar-refractivity contribution < 1.29 is 14.5 Å². The fourth-order valence-electron chi connectivity index (χ4n) is 2.98. The molecule has 0 aliphatic carbocycles. The van der Waals surface area contributed by atoms with E-state index in [0.717, 1.165) is 21.9 Å². The Morgan fingerprint density at radius 2 is 1.85 bits per heavy atom. The number of carbonyl (C=O) groups excluding carboxylic acids is 1. The van der Waals surface area contributed by atoms with Gasteiger partial charge in [0.05, 0.1) is 17.9 Å². The number of H-pyrrole nitrogens is 1. The molecule has 0 atom stereocenters. The summed E-state index contributed by atoms with van der Waals surface area (Å²) in [5.74, 6) is 1.21. The zero-order valence-electron chi connectivity index (χ0n) is 17.8. The highest BCUT2D eigenvalue weighted by molar-refractivity contribution is 7.99. The molecule has 0 saturated carbocycles. The van der Waals surface area contributed by atoms with Crippen LogP contribution in [-0.2, 0) is 4.79 Å². The standard InChI is InChI=1S/C24H19N5O4S/c30-20(9-5-18-2-1-3-19(14-18)29(31)32)8-4-17-6-10-21(11-7-17)33-12-13-34-24-22-23(26-15-25-22)27-16-28-24/h1-11,14-16H,12-13H2,(H,25,26,27,28)/b8-4+,9-5+. The number of ketones is 1. The number of benzene rings is 2. The monoisotopic (exact) mass is 473 g/mol. The summed E-state index contributed by atoms with van der Waals surface area (Å²) in [5, 5.41) is 11.7. The van der Waals surface area contributed by atoms with Crippen molar-refractivity contribution in [2.45, 2.75) is 5.03 Å². The molecule has 2 aromatic heterocycles. The van der Waals surface area contributed by atoms with Crippen molar-refractivity contribution in [1.82, 2.24) is 19.9 Å². The molecule has 4 rings (SSSR count). The van der Waals surface area contributed by atoms with Crippen molar-refractivity contribution in [3.05, 3.63) is 94.6 Å². The molecule has 4 aromatic rings. The topological polar surface area (TPSA) is 124 Å². The summed E-state index contributed by atoms with van der Waals surface area (Å²) >= 11 is 1.56. The minimum Gasteiger partial charge on any atom is -0.493 e. The second kappa shape index (κ2) is 11.0. The van der Waals surface area contributed by atoms with E-state index in [1.54, 1.807) is 42.4 Å². The van der Waals surface area contributed by atoms with E-state index in [1.165, 1.54) is 30.6 Å². The van der Waals surface area contributed by atoms with Crippen LogP contribution in [0.2, 0.25) is 0 Å². The molecule has 0 aliphatic rings. The molecule has 2 heterocycles. The molecule has 0 fully saturated rings. The Bertz CT molecular complexity index is 1370. The molecule has 0 unspecified atom stereocenters. The average molecular weight is 474 g/mol. The Morgan fingerprint density at radius 3 is 2.65 bits per heavy atom. The third-order valence-corrected chi connectivity index (χ3v) is 5.57. The van der Waals surface area contributed by atoms with Gasteiger partial charge in [-0.3, -0.25) is 14.9 Å². The molecule has 1 N–H and O–H groups in total. The number of nitrogens with one attached hydrogen (secondary N) is 1. The summed E-state index contributed by atoms with van der Waals surface area (Å²) in [6.07, 6.45) is 9.15. The number of carbonyl (C=O) groups is 1. The van der Waals surface area contributed by atoms with Gasteiger partial charge < -0.3 is 9.72 Å². The number of rotatable bonds is 10. The van der Waals surface area contributed by atoms with Crippen molar-refractivity contribution in [3.63, 3.8) is 0 Å². The van der Waals surface area contributed by atoms with E-state index in [0.29, 0.717) is 23.6 Å². The minimum absolute atomic E-state index is 0.0183. The van der Waals surface area contributed by atoms with Crippen molar-refractivity contribution in [3.8, 4) is 5.75 Å². The first-order valence-electron chi connectivity index (χ1n) is 10.2. The Kier molecular flexibility index (Phi) is 7.41. The predicted octanol–water partition coefficient (Wildman–Crippen LogP) is 4.73. The molecule has 9 nitrogen and oxygen atoms in total. The van der Waals surface area contributed by atoms with Crippen LogP contribution < -0.4 is 4.74 Å². The van der Waals surface area contributed by atoms with E-state index < -0.39 is 4.92 Å². The maximum atomic E-state index is 12.1. The number of aromatic nitrogens is 4. The molecule has 2 aromatic carbocycles. The summed E-state index contributed by atoms with van der Waals surface area (Å²) in [5.41, 5.74) is 2.87. The van der Waals surface area contributed by atoms with Gasteiger partial charge in [0.1, 0.15) is 22.6 Å². The number of non-ortho nitro benzene ring substituents is 1. The molecule has 0 radical (unpaired) electrons. The van der Waals surface area contributed by atoms with E-state index in [9.17, 15) is 14.9 Å². The normalized spacial score (nSPS) is 11.4. The third kappa shape index (κ3) is 6.14. The number of ether oxygens (including phenoxy) is 1. The lowest BCUT2D eigenvalue weighted by Crippen LogP contribution is -2.00. The number of nitrogens with zero attached hydrogens (tertiary/aromatic N) is 4. The summed E-state index contributed by atoms with van der Waals surface area (Å²) in [4.78, 5) is 38.0. The quantitative estimate of drug-likeness (QED) is 0.0875. The zero-order chi connectivity index (χ0) is 23.8. The first-order valence-corrected chi connectivity index (χ1v) is 11.2. The highest BCUT2D eigenvalue weighted by atomic mass is 32.2. The molecule has 10 heteroatoms. The van der Waals surface area contributed by atoms with Crippen molar-refractivity contribution in [2.24, 2.45) is 0 Å². The first-order chi connectivity index (χ1) is 16.6. The Balaban J connectivity index is 1.24. The van der Waals surface area contributed by atoms with E-state index in [-0.39, 0.29) is 11.5 Å². The highest BCUT2D eigenvalue weighted by Gasteiger charge is 2.06. The molecule has 34 heavy (non-hydrogen) atoms. The maximum Gasteiger partial charge on any atom is 0.270 e. The van der Waals surface area contributed by atoms with Crippen LogP contribution in [0.5, 0.6) is 5.75 Å². The van der Waals surface area contributed by atoms with Crippen LogP contribution in [0, 0.1) is 10.1 Å². The van der Waals surface area contributed by atoms with Gasteiger partial charge in [0.15, 0.2) is 11.4 Å². The van der Waals surface area contributed by atoms with Crippen LogP contribution in [0.3, 0.4) is 0 Å².